The lowest BCUT2D eigenvalue weighted by molar-refractivity contribution is 0.427. The molecule has 0 amide bonds. The fourth-order valence-corrected chi connectivity index (χ4v) is 1.23. The van der Waals surface area contributed by atoms with Gasteiger partial charge in [-0.1, -0.05) is 18.2 Å². The van der Waals surface area contributed by atoms with Crippen molar-refractivity contribution in [1.29, 1.82) is 0 Å². The van der Waals surface area contributed by atoms with Crippen LogP contribution in [0, 0.1) is 5.82 Å². The number of hydrogen-bond donors (Lipinski definition) is 1. The Morgan fingerprint density at radius 2 is 2.00 bits per heavy atom. The first-order valence-corrected chi connectivity index (χ1v) is 4.87. The maximum absolute atomic E-state index is 13.2. The summed E-state index contributed by atoms with van der Waals surface area (Å²) in [5, 5.41) is 0. The zero-order valence-corrected chi connectivity index (χ0v) is 8.56. The van der Waals surface area contributed by atoms with Crippen molar-refractivity contribution in [2.45, 2.75) is 6.54 Å². The van der Waals surface area contributed by atoms with Crippen molar-refractivity contribution >= 4 is 0 Å². The molecule has 2 rings (SSSR count). The van der Waals surface area contributed by atoms with Gasteiger partial charge in [0.1, 0.15) is 0 Å². The third kappa shape index (κ3) is 2.35. The molecule has 0 saturated heterocycles. The first-order valence-electron chi connectivity index (χ1n) is 4.87. The van der Waals surface area contributed by atoms with Gasteiger partial charge in [0.25, 0.3) is 0 Å². The van der Waals surface area contributed by atoms with E-state index in [2.05, 4.69) is 4.98 Å². The standard InChI is InChI=1S/C12H11FN2O/c13-10-3-1-2-4-11(10)16-12-6-5-9(7-14)8-15-12/h1-6,8H,7,14H2. The van der Waals surface area contributed by atoms with Crippen LogP contribution in [0.1, 0.15) is 5.56 Å². The Labute approximate surface area is 92.7 Å². The molecule has 0 saturated carbocycles. The van der Waals surface area contributed by atoms with Gasteiger partial charge in [0.2, 0.25) is 5.88 Å². The Hall–Kier alpha value is -1.94. The molecule has 82 valence electrons. The zero-order valence-electron chi connectivity index (χ0n) is 8.56. The first-order chi connectivity index (χ1) is 7.79. The zero-order chi connectivity index (χ0) is 11.4. The Kier molecular flexibility index (Phi) is 3.12. The van der Waals surface area contributed by atoms with E-state index in [9.17, 15) is 4.39 Å². The number of pyridine rings is 1. The molecule has 1 heterocycles. The van der Waals surface area contributed by atoms with Gasteiger partial charge in [-0.2, -0.15) is 0 Å². The topological polar surface area (TPSA) is 48.1 Å². The van der Waals surface area contributed by atoms with Gasteiger partial charge in [-0.15, -0.1) is 0 Å². The minimum atomic E-state index is -0.410. The highest BCUT2D eigenvalue weighted by molar-refractivity contribution is 5.29. The molecule has 0 fully saturated rings. The second-order valence-electron chi connectivity index (χ2n) is 3.24. The Morgan fingerprint density at radius 1 is 1.19 bits per heavy atom. The van der Waals surface area contributed by atoms with Gasteiger partial charge in [0, 0.05) is 18.8 Å². The summed E-state index contributed by atoms with van der Waals surface area (Å²) < 4.78 is 18.5. The van der Waals surface area contributed by atoms with Crippen LogP contribution in [0.15, 0.2) is 42.6 Å². The summed E-state index contributed by atoms with van der Waals surface area (Å²) in [7, 11) is 0. The quantitative estimate of drug-likeness (QED) is 0.860. The Bertz CT molecular complexity index is 471. The molecule has 2 aromatic rings. The third-order valence-corrected chi connectivity index (χ3v) is 2.08. The molecule has 2 N–H and O–H groups in total. The second kappa shape index (κ2) is 4.72. The summed E-state index contributed by atoms with van der Waals surface area (Å²) in [4.78, 5) is 4.02. The van der Waals surface area contributed by atoms with Crippen LogP contribution in [0.25, 0.3) is 0 Å². The van der Waals surface area contributed by atoms with Crippen molar-refractivity contribution in [3.05, 3.63) is 54.0 Å². The van der Waals surface area contributed by atoms with Crippen molar-refractivity contribution in [2.75, 3.05) is 0 Å². The average Bonchev–Trinajstić information content (AvgIpc) is 2.33. The van der Waals surface area contributed by atoms with E-state index in [4.69, 9.17) is 10.5 Å². The molecule has 0 aliphatic carbocycles. The summed E-state index contributed by atoms with van der Waals surface area (Å²) in [5.74, 6) is 0.102. The van der Waals surface area contributed by atoms with Crippen LogP contribution in [-0.4, -0.2) is 4.98 Å². The lowest BCUT2D eigenvalue weighted by atomic mass is 10.3. The molecular formula is C12H11FN2O. The van der Waals surface area contributed by atoms with Gasteiger partial charge in [-0.25, -0.2) is 9.37 Å². The van der Waals surface area contributed by atoms with E-state index in [-0.39, 0.29) is 5.75 Å². The molecular weight excluding hydrogens is 207 g/mol. The average molecular weight is 218 g/mol. The maximum atomic E-state index is 13.2. The van der Waals surface area contributed by atoms with Gasteiger partial charge in [-0.3, -0.25) is 0 Å². The SMILES string of the molecule is NCc1ccc(Oc2ccccc2F)nc1. The molecule has 0 spiro atoms. The minimum absolute atomic E-state index is 0.162. The van der Waals surface area contributed by atoms with Crippen molar-refractivity contribution in [3.8, 4) is 11.6 Å². The number of para-hydroxylation sites is 1. The van der Waals surface area contributed by atoms with Crippen LogP contribution in [0.3, 0.4) is 0 Å². The number of nitrogens with zero attached hydrogens (tertiary/aromatic N) is 1. The monoisotopic (exact) mass is 218 g/mol. The van der Waals surface area contributed by atoms with Crippen LogP contribution in [0.2, 0.25) is 0 Å². The maximum Gasteiger partial charge on any atom is 0.219 e. The van der Waals surface area contributed by atoms with Gasteiger partial charge < -0.3 is 10.5 Å². The third-order valence-electron chi connectivity index (χ3n) is 2.08. The molecule has 0 atom stereocenters. The van der Waals surface area contributed by atoms with E-state index in [0.717, 1.165) is 5.56 Å². The van der Waals surface area contributed by atoms with E-state index >= 15 is 0 Å². The Balaban J connectivity index is 2.18. The number of aromatic nitrogens is 1. The summed E-state index contributed by atoms with van der Waals surface area (Å²) in [6.45, 7) is 0.424. The van der Waals surface area contributed by atoms with E-state index < -0.39 is 5.82 Å². The highest BCUT2D eigenvalue weighted by Gasteiger charge is 2.03. The van der Waals surface area contributed by atoms with Crippen LogP contribution < -0.4 is 10.5 Å². The van der Waals surface area contributed by atoms with Crippen LogP contribution in [-0.2, 0) is 6.54 Å². The van der Waals surface area contributed by atoms with E-state index in [1.807, 2.05) is 0 Å². The molecule has 16 heavy (non-hydrogen) atoms. The molecule has 0 aliphatic rings. The molecule has 0 radical (unpaired) electrons. The van der Waals surface area contributed by atoms with Crippen LogP contribution in [0.5, 0.6) is 11.6 Å². The molecule has 0 bridgehead atoms. The van der Waals surface area contributed by atoms with Gasteiger partial charge >= 0.3 is 0 Å². The fraction of sp³-hybridized carbons (Fsp3) is 0.0833. The number of ether oxygens (including phenoxy) is 1. The number of benzene rings is 1. The fourth-order valence-electron chi connectivity index (χ4n) is 1.23. The molecule has 1 aromatic carbocycles. The smallest absolute Gasteiger partial charge is 0.219 e. The number of hydrogen-bond acceptors (Lipinski definition) is 3. The summed E-state index contributed by atoms with van der Waals surface area (Å²) in [5.41, 5.74) is 6.34. The number of halogens is 1. The van der Waals surface area contributed by atoms with Crippen molar-refractivity contribution in [3.63, 3.8) is 0 Å². The van der Waals surface area contributed by atoms with Crippen molar-refractivity contribution < 1.29 is 9.13 Å². The molecule has 0 aliphatic heterocycles. The van der Waals surface area contributed by atoms with E-state index in [1.54, 1.807) is 36.5 Å². The molecule has 0 unspecified atom stereocenters. The van der Waals surface area contributed by atoms with Crippen molar-refractivity contribution in [1.82, 2.24) is 4.98 Å². The highest BCUT2D eigenvalue weighted by Crippen LogP contribution is 2.22. The molecule has 4 heteroatoms. The lowest BCUT2D eigenvalue weighted by Crippen LogP contribution is -1.97. The summed E-state index contributed by atoms with van der Waals surface area (Å²) in [6, 6.07) is 9.65. The lowest BCUT2D eigenvalue weighted by Gasteiger charge is -2.05. The highest BCUT2D eigenvalue weighted by atomic mass is 19.1. The van der Waals surface area contributed by atoms with E-state index in [0.29, 0.717) is 12.4 Å². The van der Waals surface area contributed by atoms with Gasteiger partial charge in [0.15, 0.2) is 11.6 Å². The largest absolute Gasteiger partial charge is 0.436 e. The van der Waals surface area contributed by atoms with Crippen LogP contribution >= 0.6 is 0 Å². The number of rotatable bonds is 3. The van der Waals surface area contributed by atoms with Gasteiger partial charge in [-0.05, 0) is 17.7 Å². The summed E-state index contributed by atoms with van der Waals surface area (Å²) >= 11 is 0. The second-order valence-corrected chi connectivity index (χ2v) is 3.24. The van der Waals surface area contributed by atoms with Crippen molar-refractivity contribution in [2.24, 2.45) is 5.73 Å². The van der Waals surface area contributed by atoms with Crippen LogP contribution in [0.4, 0.5) is 4.39 Å². The first kappa shape index (κ1) is 10.6. The minimum Gasteiger partial charge on any atom is -0.436 e. The van der Waals surface area contributed by atoms with E-state index in [1.165, 1.54) is 6.07 Å². The predicted octanol–water partition coefficient (Wildman–Crippen LogP) is 2.47. The number of nitrogens with two attached hydrogens (primary N) is 1. The molecule has 1 aromatic heterocycles. The normalized spacial score (nSPS) is 10.1. The summed E-state index contributed by atoms with van der Waals surface area (Å²) in [6.07, 6.45) is 1.61. The Morgan fingerprint density at radius 3 is 2.62 bits per heavy atom. The van der Waals surface area contributed by atoms with Gasteiger partial charge in [0.05, 0.1) is 0 Å². The molecule has 3 nitrogen and oxygen atoms in total. The predicted molar refractivity (Wildman–Crippen MR) is 58.6 cm³/mol.